The third-order valence-electron chi connectivity index (χ3n) is 6.73. The average Bonchev–Trinajstić information content (AvgIpc) is 3.09. The van der Waals surface area contributed by atoms with E-state index in [0.29, 0.717) is 0 Å². The highest BCUT2D eigenvalue weighted by Gasteiger charge is 2.24. The smallest absolute Gasteiger partial charge is 0.0781 e. The second kappa shape index (κ2) is 6.68. The van der Waals surface area contributed by atoms with E-state index in [0.717, 1.165) is 37.3 Å². The van der Waals surface area contributed by atoms with Crippen molar-refractivity contribution >= 4 is 32.6 Å². The lowest BCUT2D eigenvalue weighted by Crippen LogP contribution is -2.25. The topological polar surface area (TPSA) is 29.9 Å². The summed E-state index contributed by atoms with van der Waals surface area (Å²) < 4.78 is 2.42. The van der Waals surface area contributed by atoms with Crippen LogP contribution in [0.2, 0.25) is 0 Å². The van der Waals surface area contributed by atoms with Crippen LogP contribution < -0.4 is 5.32 Å². The van der Waals surface area contributed by atoms with Crippen LogP contribution in [0.1, 0.15) is 23.7 Å². The Bertz CT molecular complexity index is 1440. The van der Waals surface area contributed by atoms with Crippen LogP contribution in [0, 0.1) is 6.92 Å². The van der Waals surface area contributed by atoms with Crippen molar-refractivity contribution in [2.24, 2.45) is 0 Å². The maximum atomic E-state index is 5.31. The van der Waals surface area contributed by atoms with Gasteiger partial charge >= 0.3 is 0 Å². The second-order valence-corrected chi connectivity index (χ2v) is 8.25. The summed E-state index contributed by atoms with van der Waals surface area (Å²) >= 11 is 0. The van der Waals surface area contributed by atoms with Crippen molar-refractivity contribution in [3.63, 3.8) is 0 Å². The molecule has 1 aliphatic rings. The lowest BCUT2D eigenvalue weighted by molar-refractivity contribution is 0.646. The fraction of sp³-hybridized carbons (Fsp3) is 0.222. The zero-order valence-electron chi connectivity index (χ0n) is 17.5. The van der Waals surface area contributed by atoms with Crippen molar-refractivity contribution in [1.29, 1.82) is 0 Å². The summed E-state index contributed by atoms with van der Waals surface area (Å²) in [5, 5.41) is 8.86. The second-order valence-electron chi connectivity index (χ2n) is 8.25. The minimum atomic E-state index is 0.877. The predicted molar refractivity (Wildman–Crippen MR) is 126 cm³/mol. The lowest BCUT2D eigenvalue weighted by Gasteiger charge is -2.23. The fourth-order valence-electron chi connectivity index (χ4n) is 5.39. The Morgan fingerprint density at radius 2 is 1.73 bits per heavy atom. The molecule has 30 heavy (non-hydrogen) atoms. The fourth-order valence-corrected chi connectivity index (χ4v) is 5.39. The highest BCUT2D eigenvalue weighted by atomic mass is 15.0. The van der Waals surface area contributed by atoms with Gasteiger partial charge in [-0.3, -0.25) is 0 Å². The molecule has 148 valence electrons. The van der Waals surface area contributed by atoms with Crippen LogP contribution in [-0.2, 0) is 19.5 Å². The molecule has 5 aromatic rings. The molecule has 0 radical (unpaired) electrons. The molecule has 1 N–H and O–H groups in total. The number of rotatable bonds is 2. The van der Waals surface area contributed by atoms with Crippen LogP contribution in [0.15, 0.2) is 60.7 Å². The molecule has 3 heteroatoms. The first-order valence-electron chi connectivity index (χ1n) is 10.9. The summed E-state index contributed by atoms with van der Waals surface area (Å²) in [6, 6.07) is 21.9. The van der Waals surface area contributed by atoms with E-state index in [9.17, 15) is 0 Å². The Hall–Kier alpha value is -3.17. The van der Waals surface area contributed by atoms with E-state index in [-0.39, 0.29) is 0 Å². The molecule has 3 aromatic carbocycles. The van der Waals surface area contributed by atoms with E-state index in [4.69, 9.17) is 4.98 Å². The van der Waals surface area contributed by atoms with E-state index in [1.165, 1.54) is 49.4 Å². The zero-order valence-corrected chi connectivity index (χ0v) is 17.5. The van der Waals surface area contributed by atoms with Crippen molar-refractivity contribution in [2.45, 2.75) is 33.4 Å². The number of hydrogen-bond donors (Lipinski definition) is 1. The van der Waals surface area contributed by atoms with E-state index >= 15 is 0 Å². The Labute approximate surface area is 176 Å². The van der Waals surface area contributed by atoms with E-state index in [1.807, 2.05) is 0 Å². The van der Waals surface area contributed by atoms with Gasteiger partial charge in [-0.05, 0) is 60.8 Å². The van der Waals surface area contributed by atoms with Crippen molar-refractivity contribution in [1.82, 2.24) is 14.9 Å². The summed E-state index contributed by atoms with van der Waals surface area (Å²) in [6.45, 7) is 7.32. The van der Waals surface area contributed by atoms with Gasteiger partial charge < -0.3 is 9.88 Å². The molecule has 3 heterocycles. The summed E-state index contributed by atoms with van der Waals surface area (Å²) in [5.74, 6) is 0. The molecule has 1 aliphatic heterocycles. The largest absolute Gasteiger partial charge is 0.344 e. The van der Waals surface area contributed by atoms with Crippen LogP contribution in [-0.4, -0.2) is 16.1 Å². The van der Waals surface area contributed by atoms with Gasteiger partial charge in [-0.1, -0.05) is 48.5 Å². The van der Waals surface area contributed by atoms with Crippen LogP contribution in [0.25, 0.3) is 43.8 Å². The molecular formula is C27H25N3. The number of nitrogens with zero attached hydrogens (tertiary/aromatic N) is 2. The Morgan fingerprint density at radius 1 is 0.933 bits per heavy atom. The molecule has 0 saturated heterocycles. The third kappa shape index (κ3) is 2.39. The van der Waals surface area contributed by atoms with Gasteiger partial charge in [-0.15, -0.1) is 0 Å². The number of pyridine rings is 1. The SMILES string of the molecule is CCn1c(C)c(-c2nc3ccc4ccccc4c3c3c2CNCC3)c2ccccc21. The Balaban J connectivity index is 1.77. The number of hydrogen-bond acceptors (Lipinski definition) is 2. The van der Waals surface area contributed by atoms with Crippen LogP contribution in [0.3, 0.4) is 0 Å². The number of fused-ring (bicyclic) bond motifs is 6. The highest BCUT2D eigenvalue weighted by Crippen LogP contribution is 2.40. The number of para-hydroxylation sites is 1. The number of nitrogens with one attached hydrogen (secondary N) is 1. The molecule has 0 bridgehead atoms. The van der Waals surface area contributed by atoms with Crippen LogP contribution in [0.5, 0.6) is 0 Å². The van der Waals surface area contributed by atoms with Crippen LogP contribution in [0.4, 0.5) is 0 Å². The average molecular weight is 392 g/mol. The van der Waals surface area contributed by atoms with E-state index in [1.54, 1.807) is 0 Å². The molecule has 0 unspecified atom stereocenters. The van der Waals surface area contributed by atoms with E-state index < -0.39 is 0 Å². The monoisotopic (exact) mass is 391 g/mol. The van der Waals surface area contributed by atoms with Gasteiger partial charge in [-0.2, -0.15) is 0 Å². The standard InChI is InChI=1S/C27H25N3/c1-3-30-17(2)25(21-10-6-7-11-24(21)30)27-22-16-28-15-14-20(22)26-19-9-5-4-8-18(19)12-13-23(26)29-27/h4-13,28H,3,14-16H2,1-2H3. The summed E-state index contributed by atoms with van der Waals surface area (Å²) in [5.41, 5.74) is 9.00. The minimum Gasteiger partial charge on any atom is -0.344 e. The van der Waals surface area contributed by atoms with Gasteiger partial charge in [0.05, 0.1) is 11.2 Å². The lowest BCUT2D eigenvalue weighted by atomic mass is 9.89. The maximum absolute atomic E-state index is 5.31. The predicted octanol–water partition coefficient (Wildman–Crippen LogP) is 5.98. The Morgan fingerprint density at radius 3 is 2.60 bits per heavy atom. The molecule has 0 saturated carbocycles. The van der Waals surface area contributed by atoms with Gasteiger partial charge in [0.25, 0.3) is 0 Å². The first-order chi connectivity index (χ1) is 14.8. The number of aryl methyl sites for hydroxylation is 1. The van der Waals surface area contributed by atoms with Crippen molar-refractivity contribution in [2.75, 3.05) is 6.54 Å². The van der Waals surface area contributed by atoms with Gasteiger partial charge in [0.2, 0.25) is 0 Å². The quantitative estimate of drug-likeness (QED) is 0.375. The first-order valence-corrected chi connectivity index (χ1v) is 10.9. The van der Waals surface area contributed by atoms with Gasteiger partial charge in [0, 0.05) is 40.6 Å². The minimum absolute atomic E-state index is 0.877. The normalized spacial score (nSPS) is 13.9. The van der Waals surface area contributed by atoms with Gasteiger partial charge in [0.15, 0.2) is 0 Å². The van der Waals surface area contributed by atoms with E-state index in [2.05, 4.69) is 84.4 Å². The summed E-state index contributed by atoms with van der Waals surface area (Å²) in [6.07, 6.45) is 1.04. The maximum Gasteiger partial charge on any atom is 0.0781 e. The first kappa shape index (κ1) is 17.7. The number of aromatic nitrogens is 2. The molecule has 3 nitrogen and oxygen atoms in total. The molecule has 0 spiro atoms. The van der Waals surface area contributed by atoms with Crippen molar-refractivity contribution < 1.29 is 0 Å². The van der Waals surface area contributed by atoms with Gasteiger partial charge in [-0.25, -0.2) is 4.98 Å². The zero-order chi connectivity index (χ0) is 20.2. The molecular weight excluding hydrogens is 366 g/mol. The molecule has 6 rings (SSSR count). The third-order valence-corrected chi connectivity index (χ3v) is 6.73. The van der Waals surface area contributed by atoms with Gasteiger partial charge in [0.1, 0.15) is 0 Å². The summed E-state index contributed by atoms with van der Waals surface area (Å²) in [4.78, 5) is 5.31. The molecule has 0 amide bonds. The molecule has 2 aromatic heterocycles. The molecule has 0 aliphatic carbocycles. The van der Waals surface area contributed by atoms with Crippen molar-refractivity contribution in [3.05, 3.63) is 77.5 Å². The summed E-state index contributed by atoms with van der Waals surface area (Å²) in [7, 11) is 0. The van der Waals surface area contributed by atoms with Crippen LogP contribution >= 0.6 is 0 Å². The number of benzene rings is 3. The Kier molecular flexibility index (Phi) is 3.93. The van der Waals surface area contributed by atoms with Crippen molar-refractivity contribution in [3.8, 4) is 11.3 Å². The molecule has 0 atom stereocenters. The highest BCUT2D eigenvalue weighted by molar-refractivity contribution is 6.10. The molecule has 0 fully saturated rings.